The summed E-state index contributed by atoms with van der Waals surface area (Å²) in [6, 6.07) is 4.33. The van der Waals surface area contributed by atoms with Crippen LogP contribution in [0.25, 0.3) is 11.3 Å². The van der Waals surface area contributed by atoms with Gasteiger partial charge in [0.05, 0.1) is 18.9 Å². The average Bonchev–Trinajstić information content (AvgIpc) is 2.87. The molecule has 6 heteroatoms. The van der Waals surface area contributed by atoms with Crippen LogP contribution in [0.5, 0.6) is 0 Å². The van der Waals surface area contributed by atoms with E-state index in [-0.39, 0.29) is 12.5 Å². The summed E-state index contributed by atoms with van der Waals surface area (Å²) < 4.78 is 10.1. The number of hydrogen-bond acceptors (Lipinski definition) is 5. The monoisotopic (exact) mass is 348 g/mol. The third-order valence-electron chi connectivity index (χ3n) is 3.80. The minimum atomic E-state index is -0.205. The molecule has 0 unspecified atom stereocenters. The first kappa shape index (κ1) is 18.6. The smallest absolute Gasteiger partial charge is 0.252 e. The molecule has 0 aliphatic carbocycles. The number of rotatable bonds is 7. The van der Waals surface area contributed by atoms with E-state index < -0.39 is 0 Å². The van der Waals surface area contributed by atoms with Crippen LogP contribution in [0.1, 0.15) is 21.6 Å². The maximum Gasteiger partial charge on any atom is 0.252 e. The van der Waals surface area contributed by atoms with Crippen molar-refractivity contribution in [2.45, 2.75) is 27.7 Å². The molecular weight excluding hydrogens is 324 g/mol. The summed E-state index contributed by atoms with van der Waals surface area (Å²) in [6.07, 6.45) is 0. The number of anilines is 1. The van der Waals surface area contributed by atoms with Gasteiger partial charge in [-0.3, -0.25) is 10.1 Å². The van der Waals surface area contributed by atoms with Gasteiger partial charge in [0.15, 0.2) is 5.13 Å². The quantitative estimate of drug-likeness (QED) is 0.776. The van der Waals surface area contributed by atoms with E-state index in [9.17, 15) is 4.79 Å². The minimum Gasteiger partial charge on any atom is -0.382 e. The van der Waals surface area contributed by atoms with Gasteiger partial charge < -0.3 is 9.47 Å². The Kier molecular flexibility index (Phi) is 6.48. The Morgan fingerprint density at radius 1 is 1.12 bits per heavy atom. The van der Waals surface area contributed by atoms with E-state index in [2.05, 4.69) is 43.2 Å². The maximum atomic E-state index is 11.9. The second kappa shape index (κ2) is 8.37. The van der Waals surface area contributed by atoms with Crippen molar-refractivity contribution in [2.24, 2.45) is 0 Å². The summed E-state index contributed by atoms with van der Waals surface area (Å²) in [7, 11) is 1.60. The Morgan fingerprint density at radius 3 is 2.54 bits per heavy atom. The first-order chi connectivity index (χ1) is 11.4. The zero-order valence-electron chi connectivity index (χ0n) is 14.9. The largest absolute Gasteiger partial charge is 0.382 e. The third kappa shape index (κ3) is 4.63. The SMILES string of the molecule is COCCOCC(=O)Nc1nc(-c2cc(C)c(C)cc2C)c(C)s1. The maximum absolute atomic E-state index is 11.9. The predicted octanol–water partition coefficient (Wildman–Crippen LogP) is 3.65. The molecule has 0 radical (unpaired) electrons. The lowest BCUT2D eigenvalue weighted by Gasteiger charge is -2.08. The second-order valence-electron chi connectivity index (χ2n) is 5.77. The summed E-state index contributed by atoms with van der Waals surface area (Å²) in [5, 5.41) is 3.40. The minimum absolute atomic E-state index is 0.0000113. The summed E-state index contributed by atoms with van der Waals surface area (Å²) in [5.41, 5.74) is 5.73. The van der Waals surface area contributed by atoms with E-state index in [4.69, 9.17) is 9.47 Å². The average molecular weight is 348 g/mol. The molecule has 0 spiro atoms. The molecule has 130 valence electrons. The highest BCUT2D eigenvalue weighted by molar-refractivity contribution is 7.16. The van der Waals surface area contributed by atoms with Crippen LogP contribution >= 0.6 is 11.3 Å². The molecule has 0 saturated heterocycles. The van der Waals surface area contributed by atoms with Gasteiger partial charge in [0.2, 0.25) is 0 Å². The van der Waals surface area contributed by atoms with Gasteiger partial charge in [0, 0.05) is 17.6 Å². The molecule has 5 nitrogen and oxygen atoms in total. The molecule has 1 amide bonds. The van der Waals surface area contributed by atoms with Crippen LogP contribution in [0.2, 0.25) is 0 Å². The Bertz CT molecular complexity index is 725. The number of benzene rings is 1. The van der Waals surface area contributed by atoms with Crippen LogP contribution < -0.4 is 5.32 Å². The summed E-state index contributed by atoms with van der Waals surface area (Å²) in [6.45, 7) is 9.18. The third-order valence-corrected chi connectivity index (χ3v) is 4.69. The number of carbonyl (C=O) groups is 1. The van der Waals surface area contributed by atoms with Gasteiger partial charge in [-0.05, 0) is 50.5 Å². The highest BCUT2D eigenvalue weighted by Gasteiger charge is 2.14. The summed E-state index contributed by atoms with van der Waals surface area (Å²) >= 11 is 1.48. The summed E-state index contributed by atoms with van der Waals surface area (Å²) in [5.74, 6) is -0.205. The number of methoxy groups -OCH3 is 1. The molecule has 1 heterocycles. The van der Waals surface area contributed by atoms with Crippen LogP contribution in [0, 0.1) is 27.7 Å². The van der Waals surface area contributed by atoms with Crippen LogP contribution in [0.15, 0.2) is 12.1 Å². The van der Waals surface area contributed by atoms with Gasteiger partial charge in [0.1, 0.15) is 6.61 Å². The molecule has 0 bridgehead atoms. The molecule has 1 aromatic carbocycles. The van der Waals surface area contributed by atoms with Gasteiger partial charge >= 0.3 is 0 Å². The van der Waals surface area contributed by atoms with Gasteiger partial charge in [0.25, 0.3) is 5.91 Å². The fraction of sp³-hybridized carbons (Fsp3) is 0.444. The van der Waals surface area contributed by atoms with E-state index in [1.54, 1.807) is 7.11 Å². The number of nitrogens with zero attached hydrogens (tertiary/aromatic N) is 1. The number of nitrogens with one attached hydrogen (secondary N) is 1. The van der Waals surface area contributed by atoms with Crippen molar-refractivity contribution < 1.29 is 14.3 Å². The lowest BCUT2D eigenvalue weighted by atomic mass is 9.98. The Morgan fingerprint density at radius 2 is 1.83 bits per heavy atom. The molecule has 0 aliphatic heterocycles. The molecule has 1 N–H and O–H groups in total. The van der Waals surface area contributed by atoms with Crippen LogP contribution in [0.4, 0.5) is 5.13 Å². The number of thiazole rings is 1. The zero-order chi connectivity index (χ0) is 17.7. The van der Waals surface area contributed by atoms with Gasteiger partial charge in [-0.2, -0.15) is 0 Å². The molecule has 0 saturated carbocycles. The predicted molar refractivity (Wildman–Crippen MR) is 97.8 cm³/mol. The first-order valence-corrected chi connectivity index (χ1v) is 8.66. The highest BCUT2D eigenvalue weighted by atomic mass is 32.1. The Hall–Kier alpha value is -1.76. The molecule has 2 aromatic rings. The van der Waals surface area contributed by atoms with E-state index in [1.165, 1.54) is 28.0 Å². The van der Waals surface area contributed by atoms with Crippen molar-refractivity contribution in [2.75, 3.05) is 32.2 Å². The van der Waals surface area contributed by atoms with Crippen molar-refractivity contribution in [3.63, 3.8) is 0 Å². The van der Waals surface area contributed by atoms with Gasteiger partial charge in [-0.1, -0.05) is 6.07 Å². The number of carbonyl (C=O) groups excluding carboxylic acids is 1. The van der Waals surface area contributed by atoms with Crippen LogP contribution in [-0.4, -0.2) is 37.8 Å². The number of ether oxygens (including phenoxy) is 2. The molecule has 2 rings (SSSR count). The van der Waals surface area contributed by atoms with Crippen LogP contribution in [-0.2, 0) is 14.3 Å². The topological polar surface area (TPSA) is 60.5 Å². The normalized spacial score (nSPS) is 10.9. The Labute approximate surface area is 147 Å². The van der Waals surface area contributed by atoms with Crippen molar-refractivity contribution in [1.29, 1.82) is 0 Å². The number of aromatic nitrogens is 1. The van der Waals surface area contributed by atoms with Crippen molar-refractivity contribution in [1.82, 2.24) is 4.98 Å². The first-order valence-electron chi connectivity index (χ1n) is 7.84. The molecule has 1 aromatic heterocycles. The molecule has 0 aliphatic rings. The van der Waals surface area contributed by atoms with E-state index in [0.717, 1.165) is 16.1 Å². The second-order valence-corrected chi connectivity index (χ2v) is 6.97. The lowest BCUT2D eigenvalue weighted by molar-refractivity contribution is -0.121. The van der Waals surface area contributed by atoms with Gasteiger partial charge in [-0.25, -0.2) is 4.98 Å². The van der Waals surface area contributed by atoms with Crippen molar-refractivity contribution >= 4 is 22.4 Å². The van der Waals surface area contributed by atoms with Crippen molar-refractivity contribution in [3.05, 3.63) is 33.7 Å². The number of amides is 1. The van der Waals surface area contributed by atoms with Gasteiger partial charge in [-0.15, -0.1) is 11.3 Å². The molecule has 24 heavy (non-hydrogen) atoms. The number of hydrogen-bond donors (Lipinski definition) is 1. The number of aryl methyl sites for hydroxylation is 4. The van der Waals surface area contributed by atoms with Crippen LogP contribution in [0.3, 0.4) is 0 Å². The molecule has 0 atom stereocenters. The molecule has 0 fully saturated rings. The molecular formula is C18H24N2O3S. The van der Waals surface area contributed by atoms with Crippen molar-refractivity contribution in [3.8, 4) is 11.3 Å². The fourth-order valence-electron chi connectivity index (χ4n) is 2.38. The standard InChI is InChI=1S/C18H24N2O3S/c1-11-8-13(3)15(9-12(11)2)17-14(4)24-18(20-17)19-16(21)10-23-7-6-22-5/h8-9H,6-7,10H2,1-5H3,(H,19,20,21). The Balaban J connectivity index is 2.10. The summed E-state index contributed by atoms with van der Waals surface area (Å²) in [4.78, 5) is 17.6. The van der Waals surface area contributed by atoms with E-state index in [0.29, 0.717) is 18.3 Å². The zero-order valence-corrected chi connectivity index (χ0v) is 15.7. The fourth-order valence-corrected chi connectivity index (χ4v) is 3.22. The van der Waals surface area contributed by atoms with E-state index in [1.807, 2.05) is 6.92 Å². The van der Waals surface area contributed by atoms with E-state index >= 15 is 0 Å². The highest BCUT2D eigenvalue weighted by Crippen LogP contribution is 2.33. The lowest BCUT2D eigenvalue weighted by Crippen LogP contribution is -2.19.